The van der Waals surface area contributed by atoms with E-state index in [0.29, 0.717) is 5.92 Å². The molecule has 0 amide bonds. The first-order chi connectivity index (χ1) is 9.40. The summed E-state index contributed by atoms with van der Waals surface area (Å²) in [5, 5.41) is 3.41. The minimum atomic E-state index is -2.88. The molecule has 20 heavy (non-hydrogen) atoms. The predicted molar refractivity (Wildman–Crippen MR) is 85.9 cm³/mol. The molecule has 0 saturated heterocycles. The molecule has 1 aromatic rings. The average molecular weight is 297 g/mol. The zero-order chi connectivity index (χ0) is 15.0. The van der Waals surface area contributed by atoms with E-state index in [1.807, 2.05) is 0 Å². The molecular weight excluding hydrogens is 270 g/mol. The van der Waals surface area contributed by atoms with E-state index in [9.17, 15) is 8.42 Å². The third-order valence-electron chi connectivity index (χ3n) is 3.36. The van der Waals surface area contributed by atoms with Crippen molar-refractivity contribution in [3.05, 3.63) is 35.4 Å². The highest BCUT2D eigenvalue weighted by Crippen LogP contribution is 2.14. The summed E-state index contributed by atoms with van der Waals surface area (Å²) in [4.78, 5) is 0. The molecule has 0 bridgehead atoms. The van der Waals surface area contributed by atoms with Crippen molar-refractivity contribution in [1.82, 2.24) is 5.32 Å². The number of aryl methyl sites for hydroxylation is 1. The summed E-state index contributed by atoms with van der Waals surface area (Å²) in [5.74, 6) is 0.648. The van der Waals surface area contributed by atoms with Crippen LogP contribution in [-0.4, -0.2) is 33.5 Å². The van der Waals surface area contributed by atoms with E-state index in [2.05, 4.69) is 43.4 Å². The highest BCUT2D eigenvalue weighted by molar-refractivity contribution is 7.90. The first-order valence-electron chi connectivity index (χ1n) is 7.34. The molecule has 0 aliphatic heterocycles. The Morgan fingerprint density at radius 1 is 1.30 bits per heavy atom. The van der Waals surface area contributed by atoms with Crippen molar-refractivity contribution in [2.75, 3.05) is 25.1 Å². The Labute approximate surface area is 123 Å². The van der Waals surface area contributed by atoms with Gasteiger partial charge in [-0.05, 0) is 50.8 Å². The van der Waals surface area contributed by atoms with E-state index in [1.165, 1.54) is 17.4 Å². The van der Waals surface area contributed by atoms with E-state index in [1.54, 1.807) is 0 Å². The summed E-state index contributed by atoms with van der Waals surface area (Å²) in [6.45, 7) is 6.10. The summed E-state index contributed by atoms with van der Waals surface area (Å²) in [6, 6.07) is 8.47. The van der Waals surface area contributed by atoms with Crippen LogP contribution >= 0.6 is 0 Å². The first-order valence-corrected chi connectivity index (χ1v) is 9.40. The van der Waals surface area contributed by atoms with Crippen LogP contribution in [0.15, 0.2) is 24.3 Å². The van der Waals surface area contributed by atoms with Gasteiger partial charge in [0.15, 0.2) is 0 Å². The number of nitrogens with one attached hydrogen (secondary N) is 1. The lowest BCUT2D eigenvalue weighted by Crippen LogP contribution is -2.26. The highest BCUT2D eigenvalue weighted by Gasteiger charge is 2.13. The van der Waals surface area contributed by atoms with Crippen LogP contribution in [0, 0.1) is 12.8 Å². The lowest BCUT2D eigenvalue weighted by molar-refractivity contribution is 0.459. The SMILES string of the molecule is CCCNCC(CCS(C)(=O)=O)Cc1cccc(C)c1. The molecular formula is C16H27NO2S. The molecule has 1 rings (SSSR count). The van der Waals surface area contributed by atoms with Crippen molar-refractivity contribution in [3.63, 3.8) is 0 Å². The Morgan fingerprint density at radius 2 is 2.05 bits per heavy atom. The van der Waals surface area contributed by atoms with Crippen molar-refractivity contribution < 1.29 is 8.42 Å². The minimum absolute atomic E-state index is 0.275. The number of hydrogen-bond acceptors (Lipinski definition) is 3. The predicted octanol–water partition coefficient (Wildman–Crippen LogP) is 2.59. The van der Waals surface area contributed by atoms with E-state index < -0.39 is 9.84 Å². The molecule has 0 radical (unpaired) electrons. The summed E-state index contributed by atoms with van der Waals surface area (Å²) in [7, 11) is -2.88. The van der Waals surface area contributed by atoms with E-state index in [4.69, 9.17) is 0 Å². The molecule has 0 aliphatic carbocycles. The summed E-state index contributed by atoms with van der Waals surface area (Å²) in [6.07, 6.45) is 4.08. The Hall–Kier alpha value is -0.870. The van der Waals surface area contributed by atoms with Gasteiger partial charge in [0.05, 0.1) is 5.75 Å². The lowest BCUT2D eigenvalue weighted by Gasteiger charge is -2.17. The van der Waals surface area contributed by atoms with Gasteiger partial charge in [-0.1, -0.05) is 36.8 Å². The zero-order valence-corrected chi connectivity index (χ0v) is 13.7. The van der Waals surface area contributed by atoms with E-state index >= 15 is 0 Å². The molecule has 4 heteroatoms. The van der Waals surface area contributed by atoms with Gasteiger partial charge in [-0.15, -0.1) is 0 Å². The van der Waals surface area contributed by atoms with Crippen LogP contribution in [0.2, 0.25) is 0 Å². The van der Waals surface area contributed by atoms with E-state index in [0.717, 1.165) is 32.4 Å². The minimum Gasteiger partial charge on any atom is -0.316 e. The maximum Gasteiger partial charge on any atom is 0.147 e. The smallest absolute Gasteiger partial charge is 0.147 e. The van der Waals surface area contributed by atoms with Crippen molar-refractivity contribution in [1.29, 1.82) is 0 Å². The van der Waals surface area contributed by atoms with Gasteiger partial charge in [0, 0.05) is 6.26 Å². The number of rotatable bonds is 9. The quantitative estimate of drug-likeness (QED) is 0.713. The fourth-order valence-electron chi connectivity index (χ4n) is 2.31. The van der Waals surface area contributed by atoms with Crippen LogP contribution in [0.5, 0.6) is 0 Å². The van der Waals surface area contributed by atoms with Gasteiger partial charge >= 0.3 is 0 Å². The molecule has 1 unspecified atom stereocenters. The summed E-state index contributed by atoms with van der Waals surface area (Å²) >= 11 is 0. The summed E-state index contributed by atoms with van der Waals surface area (Å²) < 4.78 is 22.7. The Bertz CT molecular complexity index is 497. The zero-order valence-electron chi connectivity index (χ0n) is 12.9. The van der Waals surface area contributed by atoms with Crippen molar-refractivity contribution in [2.45, 2.75) is 33.1 Å². The second-order valence-corrected chi connectivity index (χ2v) is 7.94. The van der Waals surface area contributed by atoms with Gasteiger partial charge < -0.3 is 5.32 Å². The van der Waals surface area contributed by atoms with Crippen LogP contribution in [0.3, 0.4) is 0 Å². The van der Waals surface area contributed by atoms with Gasteiger partial charge in [-0.2, -0.15) is 0 Å². The normalized spacial score (nSPS) is 13.3. The average Bonchev–Trinajstić information content (AvgIpc) is 2.35. The molecule has 0 aliphatic rings. The van der Waals surface area contributed by atoms with Gasteiger partial charge in [0.2, 0.25) is 0 Å². The second kappa shape index (κ2) is 8.42. The Morgan fingerprint density at radius 3 is 2.65 bits per heavy atom. The number of sulfone groups is 1. The molecule has 1 atom stereocenters. The Balaban J connectivity index is 2.61. The first kappa shape index (κ1) is 17.2. The number of benzene rings is 1. The van der Waals surface area contributed by atoms with Crippen LogP contribution < -0.4 is 5.32 Å². The standard InChI is InChI=1S/C16H27NO2S/c1-4-9-17-13-16(8-10-20(3,18)19)12-15-7-5-6-14(2)11-15/h5-7,11,16-17H,4,8-10,12-13H2,1-3H3. The van der Waals surface area contributed by atoms with Gasteiger partial charge in [0.25, 0.3) is 0 Å². The monoisotopic (exact) mass is 297 g/mol. The van der Waals surface area contributed by atoms with Crippen molar-refractivity contribution >= 4 is 9.84 Å². The molecule has 3 nitrogen and oxygen atoms in total. The van der Waals surface area contributed by atoms with Crippen molar-refractivity contribution in [3.8, 4) is 0 Å². The van der Waals surface area contributed by atoms with Gasteiger partial charge in [-0.3, -0.25) is 0 Å². The third kappa shape index (κ3) is 7.65. The summed E-state index contributed by atoms with van der Waals surface area (Å²) in [5.41, 5.74) is 2.55. The molecule has 1 aromatic carbocycles. The second-order valence-electron chi connectivity index (χ2n) is 5.68. The topological polar surface area (TPSA) is 46.2 Å². The Kier molecular flexibility index (Phi) is 7.24. The fraction of sp³-hybridized carbons (Fsp3) is 0.625. The maximum atomic E-state index is 11.4. The lowest BCUT2D eigenvalue weighted by atomic mass is 9.96. The molecule has 114 valence electrons. The highest BCUT2D eigenvalue weighted by atomic mass is 32.2. The van der Waals surface area contributed by atoms with Crippen molar-refractivity contribution in [2.24, 2.45) is 5.92 Å². The molecule has 0 spiro atoms. The van der Waals surface area contributed by atoms with E-state index in [-0.39, 0.29) is 5.75 Å². The van der Waals surface area contributed by atoms with Crippen LogP contribution in [0.1, 0.15) is 30.9 Å². The maximum absolute atomic E-state index is 11.4. The van der Waals surface area contributed by atoms with Gasteiger partial charge in [-0.25, -0.2) is 8.42 Å². The fourth-order valence-corrected chi connectivity index (χ4v) is 3.07. The van der Waals surface area contributed by atoms with Crippen LogP contribution in [-0.2, 0) is 16.3 Å². The largest absolute Gasteiger partial charge is 0.316 e. The molecule has 0 saturated carbocycles. The molecule has 0 aromatic heterocycles. The molecule has 0 heterocycles. The van der Waals surface area contributed by atoms with Gasteiger partial charge in [0.1, 0.15) is 9.84 Å². The molecule has 1 N–H and O–H groups in total. The van der Waals surface area contributed by atoms with Crippen LogP contribution in [0.4, 0.5) is 0 Å². The molecule has 0 fully saturated rings. The third-order valence-corrected chi connectivity index (χ3v) is 4.34. The number of hydrogen-bond donors (Lipinski definition) is 1. The van der Waals surface area contributed by atoms with Crippen LogP contribution in [0.25, 0.3) is 0 Å².